The van der Waals surface area contributed by atoms with Gasteiger partial charge in [-0.2, -0.15) is 10.4 Å². The standard InChI is InChI=1S/C18H12F3N3OS/c1-26-17-15(11-22)16(24(23-17)13-5-3-2-4-6-13)12-7-9-14(10-8-12)25-18(19,20)21/h2-10H,1H3. The largest absolute Gasteiger partial charge is 0.573 e. The molecule has 1 aromatic heterocycles. The SMILES string of the molecule is CSc1nn(-c2ccccc2)c(-c2ccc(OC(F)(F)F)cc2)c1C#N. The van der Waals surface area contributed by atoms with Crippen molar-refractivity contribution in [1.82, 2.24) is 9.78 Å². The molecule has 132 valence electrons. The van der Waals surface area contributed by atoms with Crippen LogP contribution in [0.15, 0.2) is 59.6 Å². The fraction of sp³-hybridized carbons (Fsp3) is 0.111. The van der Waals surface area contributed by atoms with Crippen LogP contribution in [0.1, 0.15) is 5.56 Å². The Hall–Kier alpha value is -2.92. The van der Waals surface area contributed by atoms with Crippen LogP contribution in [0.25, 0.3) is 16.9 Å². The minimum atomic E-state index is -4.75. The normalized spacial score (nSPS) is 11.2. The van der Waals surface area contributed by atoms with Crippen LogP contribution in [0.3, 0.4) is 0 Å². The van der Waals surface area contributed by atoms with E-state index in [1.54, 1.807) is 4.68 Å². The first-order valence-electron chi connectivity index (χ1n) is 7.41. The molecule has 3 rings (SSSR count). The van der Waals surface area contributed by atoms with E-state index >= 15 is 0 Å². The summed E-state index contributed by atoms with van der Waals surface area (Å²) in [5.41, 5.74) is 2.19. The Balaban J connectivity index is 2.12. The van der Waals surface area contributed by atoms with Crippen LogP contribution >= 0.6 is 11.8 Å². The molecule has 0 atom stereocenters. The maximum Gasteiger partial charge on any atom is 0.573 e. The number of para-hydroxylation sites is 1. The Kier molecular flexibility index (Phi) is 4.91. The van der Waals surface area contributed by atoms with Gasteiger partial charge in [-0.1, -0.05) is 18.2 Å². The number of nitriles is 1. The number of alkyl halides is 3. The molecule has 0 bridgehead atoms. The molecule has 0 unspecified atom stereocenters. The van der Waals surface area contributed by atoms with Gasteiger partial charge >= 0.3 is 6.36 Å². The van der Waals surface area contributed by atoms with Gasteiger partial charge in [0.15, 0.2) is 0 Å². The lowest BCUT2D eigenvalue weighted by Crippen LogP contribution is -2.16. The number of ether oxygens (including phenoxy) is 1. The molecule has 8 heteroatoms. The van der Waals surface area contributed by atoms with Crippen LogP contribution in [-0.2, 0) is 0 Å². The minimum absolute atomic E-state index is 0.323. The highest BCUT2D eigenvalue weighted by molar-refractivity contribution is 7.98. The maximum absolute atomic E-state index is 12.3. The van der Waals surface area contributed by atoms with Gasteiger partial charge in [0, 0.05) is 5.56 Å². The van der Waals surface area contributed by atoms with E-state index in [0.717, 1.165) is 5.69 Å². The molecule has 0 radical (unpaired) electrons. The first-order chi connectivity index (χ1) is 12.4. The van der Waals surface area contributed by atoms with Gasteiger partial charge in [0.25, 0.3) is 0 Å². The summed E-state index contributed by atoms with van der Waals surface area (Å²) in [6, 6.07) is 16.7. The van der Waals surface area contributed by atoms with E-state index in [-0.39, 0.29) is 5.75 Å². The van der Waals surface area contributed by atoms with Gasteiger partial charge in [-0.3, -0.25) is 0 Å². The van der Waals surface area contributed by atoms with Gasteiger partial charge in [-0.25, -0.2) is 4.68 Å². The second kappa shape index (κ2) is 7.14. The van der Waals surface area contributed by atoms with Crippen molar-refractivity contribution in [2.24, 2.45) is 0 Å². The van der Waals surface area contributed by atoms with Crippen LogP contribution in [0, 0.1) is 11.3 Å². The van der Waals surface area contributed by atoms with Crippen molar-refractivity contribution in [2.75, 3.05) is 6.26 Å². The van der Waals surface area contributed by atoms with Crippen LogP contribution in [0.2, 0.25) is 0 Å². The summed E-state index contributed by atoms with van der Waals surface area (Å²) in [7, 11) is 0. The molecule has 0 spiro atoms. The summed E-state index contributed by atoms with van der Waals surface area (Å²) in [4.78, 5) is 0. The fourth-order valence-corrected chi connectivity index (χ4v) is 2.99. The molecule has 0 aliphatic carbocycles. The van der Waals surface area contributed by atoms with Gasteiger partial charge in [-0.05, 0) is 42.7 Å². The van der Waals surface area contributed by atoms with Gasteiger partial charge < -0.3 is 4.74 Å². The van der Waals surface area contributed by atoms with E-state index < -0.39 is 6.36 Å². The van der Waals surface area contributed by atoms with Crippen LogP contribution in [0.4, 0.5) is 13.2 Å². The number of benzene rings is 2. The maximum atomic E-state index is 12.3. The van der Waals surface area contributed by atoms with Gasteiger partial charge in [0.2, 0.25) is 0 Å². The monoisotopic (exact) mass is 375 g/mol. The van der Waals surface area contributed by atoms with Crippen molar-refractivity contribution in [3.63, 3.8) is 0 Å². The Labute approximate surface area is 151 Å². The molecule has 0 amide bonds. The first kappa shape index (κ1) is 17.9. The van der Waals surface area contributed by atoms with Crippen molar-refractivity contribution < 1.29 is 17.9 Å². The average Bonchev–Trinajstić information content (AvgIpc) is 3.00. The van der Waals surface area contributed by atoms with E-state index in [2.05, 4.69) is 15.9 Å². The lowest BCUT2D eigenvalue weighted by atomic mass is 10.1. The molecule has 1 heterocycles. The van der Waals surface area contributed by atoms with Crippen molar-refractivity contribution in [2.45, 2.75) is 11.4 Å². The number of hydrogen-bond donors (Lipinski definition) is 0. The molecule has 26 heavy (non-hydrogen) atoms. The van der Waals surface area contributed by atoms with Gasteiger partial charge in [-0.15, -0.1) is 24.9 Å². The molecule has 4 nitrogen and oxygen atoms in total. The number of hydrogen-bond acceptors (Lipinski definition) is 4. The number of halogens is 3. The summed E-state index contributed by atoms with van der Waals surface area (Å²) in [6.07, 6.45) is -2.94. The zero-order valence-electron chi connectivity index (χ0n) is 13.5. The molecule has 2 aromatic carbocycles. The molecule has 0 saturated carbocycles. The zero-order valence-corrected chi connectivity index (χ0v) is 14.3. The summed E-state index contributed by atoms with van der Waals surface area (Å²) in [6.45, 7) is 0. The highest BCUT2D eigenvalue weighted by Gasteiger charge is 2.31. The van der Waals surface area contributed by atoms with Crippen molar-refractivity contribution >= 4 is 11.8 Å². The van der Waals surface area contributed by atoms with Crippen LogP contribution in [0.5, 0.6) is 5.75 Å². The predicted octanol–water partition coefficient (Wildman–Crippen LogP) is 5.03. The van der Waals surface area contributed by atoms with E-state index in [9.17, 15) is 18.4 Å². The van der Waals surface area contributed by atoms with E-state index in [0.29, 0.717) is 21.8 Å². The Morgan fingerprint density at radius 3 is 2.27 bits per heavy atom. The highest BCUT2D eigenvalue weighted by atomic mass is 32.2. The zero-order chi connectivity index (χ0) is 18.7. The summed E-state index contributed by atoms with van der Waals surface area (Å²) < 4.78 is 42.5. The van der Waals surface area contributed by atoms with Gasteiger partial charge in [0.1, 0.15) is 22.4 Å². The van der Waals surface area contributed by atoms with Crippen molar-refractivity contribution in [1.29, 1.82) is 5.26 Å². The van der Waals surface area contributed by atoms with Crippen molar-refractivity contribution in [3.8, 4) is 28.8 Å². The summed E-state index contributed by atoms with van der Waals surface area (Å²) in [5, 5.41) is 14.6. The Bertz CT molecular complexity index is 945. The number of nitrogens with zero attached hydrogens (tertiary/aromatic N) is 3. The molecule has 0 aliphatic heterocycles. The van der Waals surface area contributed by atoms with Gasteiger partial charge in [0.05, 0.1) is 11.4 Å². The minimum Gasteiger partial charge on any atom is -0.406 e. The van der Waals surface area contributed by atoms with Crippen LogP contribution in [-0.4, -0.2) is 22.4 Å². The molecule has 0 fully saturated rings. The fourth-order valence-electron chi connectivity index (χ4n) is 2.48. The smallest absolute Gasteiger partial charge is 0.406 e. The topological polar surface area (TPSA) is 50.8 Å². The molecule has 3 aromatic rings. The van der Waals surface area contributed by atoms with Crippen molar-refractivity contribution in [3.05, 3.63) is 60.2 Å². The molecular formula is C18H12F3N3OS. The number of thioether (sulfide) groups is 1. The Morgan fingerprint density at radius 2 is 1.73 bits per heavy atom. The third-order valence-corrected chi connectivity index (χ3v) is 4.19. The lowest BCUT2D eigenvalue weighted by molar-refractivity contribution is -0.274. The predicted molar refractivity (Wildman–Crippen MR) is 92.2 cm³/mol. The number of rotatable bonds is 4. The first-order valence-corrected chi connectivity index (χ1v) is 8.64. The van der Waals surface area contributed by atoms with E-state index in [4.69, 9.17) is 0 Å². The Morgan fingerprint density at radius 1 is 1.08 bits per heavy atom. The average molecular weight is 375 g/mol. The van der Waals surface area contributed by atoms with E-state index in [1.165, 1.54) is 36.0 Å². The summed E-state index contributed by atoms with van der Waals surface area (Å²) in [5.74, 6) is -0.323. The molecule has 0 N–H and O–H groups in total. The summed E-state index contributed by atoms with van der Waals surface area (Å²) >= 11 is 1.33. The quantitative estimate of drug-likeness (QED) is 0.600. The molecular weight excluding hydrogens is 363 g/mol. The third kappa shape index (κ3) is 3.68. The lowest BCUT2D eigenvalue weighted by Gasteiger charge is -2.11. The highest BCUT2D eigenvalue weighted by Crippen LogP contribution is 2.34. The third-order valence-electron chi connectivity index (χ3n) is 3.52. The molecule has 0 saturated heterocycles. The molecule has 0 aliphatic rings. The van der Waals surface area contributed by atoms with E-state index in [1.807, 2.05) is 36.6 Å². The number of aromatic nitrogens is 2. The second-order valence-electron chi connectivity index (χ2n) is 5.16. The van der Waals surface area contributed by atoms with Crippen LogP contribution < -0.4 is 4.74 Å². The second-order valence-corrected chi connectivity index (χ2v) is 5.96.